The summed E-state index contributed by atoms with van der Waals surface area (Å²) in [6, 6.07) is -1.09. The molecule has 1 fully saturated rings. The summed E-state index contributed by atoms with van der Waals surface area (Å²) in [4.78, 5) is 26.1. The van der Waals surface area contributed by atoms with E-state index in [1.807, 2.05) is 6.92 Å². The number of amides is 2. The fraction of sp³-hybridized carbons (Fsp3) is 0.867. The number of nitrogens with zero attached hydrogens (tertiary/aromatic N) is 1. The molecule has 1 saturated carbocycles. The van der Waals surface area contributed by atoms with E-state index in [9.17, 15) is 14.7 Å². The lowest BCUT2D eigenvalue weighted by Crippen LogP contribution is -2.57. The zero-order valence-corrected chi connectivity index (χ0v) is 13.6. The van der Waals surface area contributed by atoms with E-state index in [-0.39, 0.29) is 17.9 Å². The van der Waals surface area contributed by atoms with Crippen LogP contribution >= 0.6 is 0 Å². The van der Waals surface area contributed by atoms with Gasteiger partial charge in [0, 0.05) is 13.6 Å². The number of aliphatic hydroxyl groups excluding tert-OH is 1. The van der Waals surface area contributed by atoms with Gasteiger partial charge in [-0.15, -0.1) is 0 Å². The van der Waals surface area contributed by atoms with Gasteiger partial charge in [-0.1, -0.05) is 6.92 Å². The molecule has 2 amide bonds. The Bertz CT molecular complexity index is 356. The van der Waals surface area contributed by atoms with E-state index >= 15 is 0 Å². The Morgan fingerprint density at radius 3 is 2.38 bits per heavy atom. The molecule has 0 aliphatic heterocycles. The van der Waals surface area contributed by atoms with E-state index in [4.69, 9.17) is 0 Å². The third kappa shape index (κ3) is 4.97. The average Bonchev–Trinajstić information content (AvgIpc) is 3.23. The van der Waals surface area contributed by atoms with Crippen molar-refractivity contribution >= 4 is 11.8 Å². The molecule has 3 unspecified atom stereocenters. The number of aliphatic hydroxyl groups is 1. The second kappa shape index (κ2) is 8.34. The van der Waals surface area contributed by atoms with Gasteiger partial charge in [0.1, 0.15) is 6.04 Å². The maximum Gasteiger partial charge on any atom is 0.245 e. The fourth-order valence-electron chi connectivity index (χ4n) is 2.54. The molecule has 3 atom stereocenters. The van der Waals surface area contributed by atoms with Gasteiger partial charge in [-0.2, -0.15) is 0 Å². The molecule has 122 valence electrons. The third-order valence-electron chi connectivity index (χ3n) is 3.82. The highest BCUT2D eigenvalue weighted by Gasteiger charge is 2.40. The number of hydrogen-bond donors (Lipinski definition) is 3. The highest BCUT2D eigenvalue weighted by molar-refractivity contribution is 5.90. The van der Waals surface area contributed by atoms with Crippen molar-refractivity contribution in [2.24, 2.45) is 5.92 Å². The maximum absolute atomic E-state index is 12.7. The second-order valence-corrected chi connectivity index (χ2v) is 5.80. The molecular weight excluding hydrogens is 270 g/mol. The van der Waals surface area contributed by atoms with Crippen molar-refractivity contribution in [2.45, 2.75) is 58.2 Å². The van der Waals surface area contributed by atoms with Crippen LogP contribution in [0.5, 0.6) is 0 Å². The lowest BCUT2D eigenvalue weighted by molar-refractivity contribution is -0.144. The standard InChI is InChI=1S/C15H29N3O3/c1-5-9-17-12(11-7-8-11)15(21)18(4)13(10(3)19)14(20)16-6-2/h10-13,17,19H,5-9H2,1-4H3,(H,16,20). The first-order valence-corrected chi connectivity index (χ1v) is 7.89. The molecular formula is C15H29N3O3. The lowest BCUT2D eigenvalue weighted by atomic mass is 10.1. The normalized spacial score (nSPS) is 18.7. The van der Waals surface area contributed by atoms with Crippen LogP contribution in [0.3, 0.4) is 0 Å². The summed E-state index contributed by atoms with van der Waals surface area (Å²) in [5, 5.41) is 15.8. The summed E-state index contributed by atoms with van der Waals surface area (Å²) >= 11 is 0. The average molecular weight is 299 g/mol. The molecule has 0 saturated heterocycles. The van der Waals surface area contributed by atoms with Crippen LogP contribution in [0.4, 0.5) is 0 Å². The van der Waals surface area contributed by atoms with Crippen LogP contribution in [0.2, 0.25) is 0 Å². The largest absolute Gasteiger partial charge is 0.391 e. The Hall–Kier alpha value is -1.14. The van der Waals surface area contributed by atoms with Gasteiger partial charge in [-0.3, -0.25) is 9.59 Å². The van der Waals surface area contributed by atoms with Crippen molar-refractivity contribution in [1.29, 1.82) is 0 Å². The number of likely N-dealkylation sites (N-methyl/N-ethyl adjacent to an activating group) is 2. The van der Waals surface area contributed by atoms with E-state index in [1.165, 1.54) is 11.8 Å². The number of nitrogens with one attached hydrogen (secondary N) is 2. The zero-order valence-electron chi connectivity index (χ0n) is 13.6. The number of rotatable bonds is 9. The molecule has 6 nitrogen and oxygen atoms in total. The Balaban J connectivity index is 2.77. The van der Waals surface area contributed by atoms with E-state index in [2.05, 4.69) is 17.6 Å². The van der Waals surface area contributed by atoms with Crippen molar-refractivity contribution in [1.82, 2.24) is 15.5 Å². The SMILES string of the molecule is CCCNC(C(=O)N(C)C(C(=O)NCC)C(C)O)C1CC1. The van der Waals surface area contributed by atoms with E-state index in [0.29, 0.717) is 12.5 Å². The summed E-state index contributed by atoms with van der Waals surface area (Å²) in [5.74, 6) is -0.0631. The Morgan fingerprint density at radius 1 is 1.33 bits per heavy atom. The van der Waals surface area contributed by atoms with Gasteiger partial charge in [-0.05, 0) is 45.6 Å². The highest BCUT2D eigenvalue weighted by atomic mass is 16.3. The topological polar surface area (TPSA) is 81.7 Å². The van der Waals surface area contributed by atoms with Crippen LogP contribution in [-0.4, -0.2) is 60.1 Å². The number of hydrogen-bond acceptors (Lipinski definition) is 4. The summed E-state index contributed by atoms with van der Waals surface area (Å²) in [6.07, 6.45) is 2.13. The summed E-state index contributed by atoms with van der Waals surface area (Å²) in [6.45, 7) is 6.66. The Morgan fingerprint density at radius 2 is 1.95 bits per heavy atom. The second-order valence-electron chi connectivity index (χ2n) is 5.80. The molecule has 1 aliphatic rings. The van der Waals surface area contributed by atoms with Crippen LogP contribution < -0.4 is 10.6 Å². The van der Waals surface area contributed by atoms with Gasteiger partial charge in [0.2, 0.25) is 11.8 Å². The van der Waals surface area contributed by atoms with Crippen LogP contribution in [0, 0.1) is 5.92 Å². The van der Waals surface area contributed by atoms with Gasteiger partial charge in [0.15, 0.2) is 0 Å². The third-order valence-corrected chi connectivity index (χ3v) is 3.82. The summed E-state index contributed by atoms with van der Waals surface area (Å²) in [5.41, 5.74) is 0. The maximum atomic E-state index is 12.7. The monoisotopic (exact) mass is 299 g/mol. The quantitative estimate of drug-likeness (QED) is 0.564. The first-order chi connectivity index (χ1) is 9.93. The van der Waals surface area contributed by atoms with E-state index in [0.717, 1.165) is 25.8 Å². The molecule has 1 aliphatic carbocycles. The zero-order chi connectivity index (χ0) is 16.0. The molecule has 0 radical (unpaired) electrons. The van der Waals surface area contributed by atoms with Gasteiger partial charge in [0.05, 0.1) is 12.1 Å². The smallest absolute Gasteiger partial charge is 0.245 e. The van der Waals surface area contributed by atoms with Crippen molar-refractivity contribution in [3.05, 3.63) is 0 Å². The molecule has 0 heterocycles. The molecule has 0 bridgehead atoms. The lowest BCUT2D eigenvalue weighted by Gasteiger charge is -2.32. The fourth-order valence-corrected chi connectivity index (χ4v) is 2.54. The first-order valence-electron chi connectivity index (χ1n) is 7.89. The number of carbonyl (C=O) groups excluding carboxylic acids is 2. The Kier molecular flexibility index (Phi) is 7.11. The summed E-state index contributed by atoms with van der Waals surface area (Å²) < 4.78 is 0. The van der Waals surface area contributed by atoms with Crippen molar-refractivity contribution in [3.8, 4) is 0 Å². The van der Waals surface area contributed by atoms with E-state index in [1.54, 1.807) is 7.05 Å². The summed E-state index contributed by atoms with van der Waals surface area (Å²) in [7, 11) is 1.60. The van der Waals surface area contributed by atoms with Crippen LogP contribution in [0.15, 0.2) is 0 Å². The van der Waals surface area contributed by atoms with Crippen LogP contribution in [0.1, 0.15) is 40.0 Å². The molecule has 0 aromatic heterocycles. The van der Waals surface area contributed by atoms with Crippen LogP contribution in [-0.2, 0) is 9.59 Å². The molecule has 1 rings (SSSR count). The molecule has 6 heteroatoms. The minimum Gasteiger partial charge on any atom is -0.391 e. The van der Waals surface area contributed by atoms with Crippen molar-refractivity contribution < 1.29 is 14.7 Å². The minimum absolute atomic E-state index is 0.108. The van der Waals surface area contributed by atoms with Crippen molar-refractivity contribution in [2.75, 3.05) is 20.1 Å². The highest BCUT2D eigenvalue weighted by Crippen LogP contribution is 2.33. The Labute approximate surface area is 127 Å². The van der Waals surface area contributed by atoms with Crippen LogP contribution in [0.25, 0.3) is 0 Å². The first kappa shape index (κ1) is 17.9. The van der Waals surface area contributed by atoms with E-state index < -0.39 is 12.1 Å². The predicted octanol–water partition coefficient (Wildman–Crippen LogP) is 0.109. The van der Waals surface area contributed by atoms with Crippen molar-refractivity contribution in [3.63, 3.8) is 0 Å². The van der Waals surface area contributed by atoms with Gasteiger partial charge in [0.25, 0.3) is 0 Å². The van der Waals surface area contributed by atoms with Gasteiger partial charge < -0.3 is 20.6 Å². The minimum atomic E-state index is -0.906. The van der Waals surface area contributed by atoms with Gasteiger partial charge >= 0.3 is 0 Å². The molecule has 0 aromatic carbocycles. The van der Waals surface area contributed by atoms with Gasteiger partial charge in [-0.25, -0.2) is 0 Å². The molecule has 3 N–H and O–H groups in total. The molecule has 0 spiro atoms. The predicted molar refractivity (Wildman–Crippen MR) is 81.7 cm³/mol. The number of carbonyl (C=O) groups is 2. The molecule has 0 aromatic rings. The molecule has 21 heavy (non-hydrogen) atoms.